The molecule has 0 atom stereocenters. The lowest BCUT2D eigenvalue weighted by atomic mass is 10.1. The normalized spacial score (nSPS) is 10.8. The molecular weight excluding hydrogens is 489 g/mol. The second-order valence-electron chi connectivity index (χ2n) is 7.33. The number of carbonyl (C=O) groups is 1. The number of rotatable bonds is 8. The minimum absolute atomic E-state index is 0. The smallest absolute Gasteiger partial charge is 0.253 e. The van der Waals surface area contributed by atoms with Crippen molar-refractivity contribution in [3.8, 4) is 0 Å². The fraction of sp³-hybridized carbons (Fsp3) is 0.391. The van der Waals surface area contributed by atoms with Gasteiger partial charge in [-0.05, 0) is 48.7 Å². The van der Waals surface area contributed by atoms with Gasteiger partial charge in [-0.2, -0.15) is 0 Å². The number of benzene rings is 2. The Morgan fingerprint density at radius 2 is 1.67 bits per heavy atom. The molecule has 0 bridgehead atoms. The van der Waals surface area contributed by atoms with Crippen LogP contribution >= 0.6 is 24.0 Å². The van der Waals surface area contributed by atoms with Crippen molar-refractivity contribution in [2.24, 2.45) is 4.99 Å². The van der Waals surface area contributed by atoms with E-state index in [1.54, 1.807) is 19.0 Å². The van der Waals surface area contributed by atoms with Gasteiger partial charge < -0.3 is 20.4 Å². The van der Waals surface area contributed by atoms with Gasteiger partial charge in [0.1, 0.15) is 0 Å². The van der Waals surface area contributed by atoms with Crippen molar-refractivity contribution in [3.63, 3.8) is 0 Å². The molecule has 0 saturated heterocycles. The van der Waals surface area contributed by atoms with E-state index in [2.05, 4.69) is 51.7 Å². The van der Waals surface area contributed by atoms with Crippen LogP contribution in [0.1, 0.15) is 28.4 Å². The van der Waals surface area contributed by atoms with Gasteiger partial charge >= 0.3 is 0 Å². The molecule has 0 aliphatic heterocycles. The molecule has 0 aliphatic rings. The minimum atomic E-state index is 0. The molecule has 0 heterocycles. The molecule has 2 rings (SSSR count). The van der Waals surface area contributed by atoms with E-state index in [0.29, 0.717) is 12.1 Å². The zero-order valence-electron chi connectivity index (χ0n) is 18.6. The molecule has 0 fully saturated rings. The molecule has 2 aromatic carbocycles. The zero-order valence-corrected chi connectivity index (χ0v) is 20.9. The van der Waals surface area contributed by atoms with E-state index < -0.39 is 0 Å². The number of anilines is 1. The highest BCUT2D eigenvalue weighted by Gasteiger charge is 2.08. The van der Waals surface area contributed by atoms with Crippen LogP contribution in [0.3, 0.4) is 0 Å². The summed E-state index contributed by atoms with van der Waals surface area (Å²) < 4.78 is 0. The first-order valence-corrected chi connectivity index (χ1v) is 9.99. The first-order chi connectivity index (χ1) is 13.9. The third-order valence-corrected chi connectivity index (χ3v) is 4.50. The Bertz CT molecular complexity index is 819. The standard InChI is InChI=1S/C23H33N5O.HI/c1-6-24-23(26-17-19-10-12-21(13-11-19)27(2)3)25-15-14-18-8-7-9-20(16-18)22(29)28(4)5;/h7-13,16H,6,14-15,17H2,1-5H3,(H2,24,25,26);1H. The number of nitrogens with zero attached hydrogens (tertiary/aromatic N) is 3. The Balaban J connectivity index is 0.00000450. The lowest BCUT2D eigenvalue weighted by Gasteiger charge is -2.14. The summed E-state index contributed by atoms with van der Waals surface area (Å²) in [6.07, 6.45) is 0.816. The van der Waals surface area contributed by atoms with Crippen molar-refractivity contribution >= 4 is 41.5 Å². The molecule has 0 saturated carbocycles. The Kier molecular flexibility index (Phi) is 11.2. The summed E-state index contributed by atoms with van der Waals surface area (Å²) in [6.45, 7) is 4.22. The lowest BCUT2D eigenvalue weighted by molar-refractivity contribution is 0.0827. The number of guanidine groups is 1. The van der Waals surface area contributed by atoms with Crippen LogP contribution in [-0.4, -0.2) is 58.0 Å². The highest BCUT2D eigenvalue weighted by atomic mass is 127. The molecular formula is C23H34IN5O. The SMILES string of the molecule is CCNC(=NCc1ccc(N(C)C)cc1)NCCc1cccc(C(=O)N(C)C)c1.I. The average molecular weight is 523 g/mol. The quantitative estimate of drug-likeness (QED) is 0.317. The molecule has 7 heteroatoms. The monoisotopic (exact) mass is 523 g/mol. The summed E-state index contributed by atoms with van der Waals surface area (Å²) in [7, 11) is 7.60. The van der Waals surface area contributed by atoms with Crippen LogP contribution in [0.4, 0.5) is 5.69 Å². The van der Waals surface area contributed by atoms with Crippen molar-refractivity contribution in [3.05, 3.63) is 65.2 Å². The molecule has 0 radical (unpaired) electrons. The Morgan fingerprint density at radius 1 is 0.967 bits per heavy atom. The van der Waals surface area contributed by atoms with Crippen LogP contribution in [0.5, 0.6) is 0 Å². The highest BCUT2D eigenvalue weighted by Crippen LogP contribution is 2.12. The van der Waals surface area contributed by atoms with E-state index >= 15 is 0 Å². The van der Waals surface area contributed by atoms with Gasteiger partial charge in [-0.25, -0.2) is 4.99 Å². The third-order valence-electron chi connectivity index (χ3n) is 4.50. The maximum absolute atomic E-state index is 12.1. The fourth-order valence-corrected chi connectivity index (χ4v) is 2.85. The molecule has 1 amide bonds. The summed E-state index contributed by atoms with van der Waals surface area (Å²) in [5.74, 6) is 0.819. The first-order valence-electron chi connectivity index (χ1n) is 9.99. The van der Waals surface area contributed by atoms with E-state index in [4.69, 9.17) is 0 Å². The molecule has 164 valence electrons. The van der Waals surface area contributed by atoms with Gasteiger partial charge in [0.2, 0.25) is 0 Å². The first kappa shape index (κ1) is 25.7. The molecule has 6 nitrogen and oxygen atoms in total. The molecule has 0 unspecified atom stereocenters. The molecule has 30 heavy (non-hydrogen) atoms. The van der Waals surface area contributed by atoms with Gasteiger partial charge in [0.15, 0.2) is 5.96 Å². The molecule has 0 spiro atoms. The number of aliphatic imine (C=N–C) groups is 1. The summed E-state index contributed by atoms with van der Waals surface area (Å²) >= 11 is 0. The molecule has 0 aliphatic carbocycles. The Labute approximate surface area is 197 Å². The van der Waals surface area contributed by atoms with Crippen molar-refractivity contribution in [2.75, 3.05) is 46.2 Å². The van der Waals surface area contributed by atoms with E-state index in [0.717, 1.165) is 31.0 Å². The second-order valence-corrected chi connectivity index (χ2v) is 7.33. The van der Waals surface area contributed by atoms with Crippen molar-refractivity contribution in [2.45, 2.75) is 19.9 Å². The zero-order chi connectivity index (χ0) is 21.2. The van der Waals surface area contributed by atoms with Crippen LogP contribution in [-0.2, 0) is 13.0 Å². The van der Waals surface area contributed by atoms with Crippen LogP contribution < -0.4 is 15.5 Å². The highest BCUT2D eigenvalue weighted by molar-refractivity contribution is 14.0. The minimum Gasteiger partial charge on any atom is -0.378 e. The van der Waals surface area contributed by atoms with Gasteiger partial charge in [0, 0.05) is 52.5 Å². The van der Waals surface area contributed by atoms with Gasteiger partial charge in [-0.3, -0.25) is 4.79 Å². The predicted octanol–water partition coefficient (Wildman–Crippen LogP) is 3.37. The van der Waals surface area contributed by atoms with Crippen molar-refractivity contribution in [1.82, 2.24) is 15.5 Å². The number of carbonyl (C=O) groups excluding carboxylic acids is 1. The van der Waals surface area contributed by atoms with E-state index in [9.17, 15) is 4.79 Å². The van der Waals surface area contributed by atoms with Crippen LogP contribution in [0.2, 0.25) is 0 Å². The van der Waals surface area contributed by atoms with Crippen molar-refractivity contribution in [1.29, 1.82) is 0 Å². The fourth-order valence-electron chi connectivity index (χ4n) is 2.85. The summed E-state index contributed by atoms with van der Waals surface area (Å²) in [4.78, 5) is 20.5. The largest absolute Gasteiger partial charge is 0.378 e. The number of hydrogen-bond donors (Lipinski definition) is 2. The number of nitrogens with one attached hydrogen (secondary N) is 2. The molecule has 0 aromatic heterocycles. The van der Waals surface area contributed by atoms with Crippen LogP contribution in [0.15, 0.2) is 53.5 Å². The maximum atomic E-state index is 12.1. The lowest BCUT2D eigenvalue weighted by Crippen LogP contribution is -2.38. The number of amides is 1. The Morgan fingerprint density at radius 3 is 2.27 bits per heavy atom. The van der Waals surface area contributed by atoms with E-state index in [1.807, 2.05) is 38.4 Å². The second kappa shape index (κ2) is 13.1. The van der Waals surface area contributed by atoms with Crippen LogP contribution in [0.25, 0.3) is 0 Å². The van der Waals surface area contributed by atoms with Crippen LogP contribution in [0, 0.1) is 0 Å². The summed E-state index contributed by atoms with van der Waals surface area (Å²) in [5, 5.41) is 6.66. The van der Waals surface area contributed by atoms with Gasteiger partial charge in [-0.15, -0.1) is 24.0 Å². The van der Waals surface area contributed by atoms with E-state index in [1.165, 1.54) is 11.3 Å². The topological polar surface area (TPSA) is 60.0 Å². The molecule has 2 N–H and O–H groups in total. The van der Waals surface area contributed by atoms with Crippen molar-refractivity contribution < 1.29 is 4.79 Å². The van der Waals surface area contributed by atoms with E-state index in [-0.39, 0.29) is 29.9 Å². The number of halogens is 1. The third kappa shape index (κ3) is 8.22. The number of hydrogen-bond acceptors (Lipinski definition) is 3. The van der Waals surface area contributed by atoms with Gasteiger partial charge in [0.25, 0.3) is 5.91 Å². The molecule has 2 aromatic rings. The maximum Gasteiger partial charge on any atom is 0.253 e. The van der Waals surface area contributed by atoms with Gasteiger partial charge in [-0.1, -0.05) is 24.3 Å². The summed E-state index contributed by atoms with van der Waals surface area (Å²) in [6, 6.07) is 16.2. The average Bonchev–Trinajstić information content (AvgIpc) is 2.72. The predicted molar refractivity (Wildman–Crippen MR) is 137 cm³/mol. The Hall–Kier alpha value is -2.29. The van der Waals surface area contributed by atoms with Gasteiger partial charge in [0.05, 0.1) is 6.54 Å². The summed E-state index contributed by atoms with van der Waals surface area (Å²) in [5.41, 5.74) is 4.19.